The van der Waals surface area contributed by atoms with Gasteiger partial charge in [-0.25, -0.2) is 4.79 Å². The van der Waals surface area contributed by atoms with E-state index < -0.39 is 24.1 Å². The van der Waals surface area contributed by atoms with E-state index in [-0.39, 0.29) is 13.2 Å². The van der Waals surface area contributed by atoms with E-state index in [4.69, 9.17) is 9.47 Å². The first-order valence-corrected chi connectivity index (χ1v) is 5.71. The lowest BCUT2D eigenvalue weighted by atomic mass is 10.0. The Kier molecular flexibility index (Phi) is 3.82. The zero-order valence-corrected chi connectivity index (χ0v) is 10.00. The number of carbonyl (C=O) groups excluding carboxylic acids is 2. The van der Waals surface area contributed by atoms with Gasteiger partial charge in [0.15, 0.2) is 0 Å². The summed E-state index contributed by atoms with van der Waals surface area (Å²) in [5.74, 6) is -0.981. The van der Waals surface area contributed by atoms with Crippen molar-refractivity contribution in [2.24, 2.45) is 5.92 Å². The SMILES string of the molecule is CC1OC(=O)OCC1C(=O)OCc1ccccc1. The number of ether oxygens (including phenoxy) is 3. The molecule has 0 bridgehead atoms. The Morgan fingerprint density at radius 3 is 2.78 bits per heavy atom. The third-order valence-electron chi connectivity index (χ3n) is 2.76. The highest BCUT2D eigenvalue weighted by molar-refractivity contribution is 5.75. The van der Waals surface area contributed by atoms with Crippen LogP contribution in [0.2, 0.25) is 0 Å². The first-order chi connectivity index (χ1) is 8.66. The monoisotopic (exact) mass is 250 g/mol. The van der Waals surface area contributed by atoms with Gasteiger partial charge in [-0.05, 0) is 12.5 Å². The molecule has 5 nitrogen and oxygen atoms in total. The van der Waals surface area contributed by atoms with Crippen LogP contribution in [0.15, 0.2) is 30.3 Å². The first-order valence-electron chi connectivity index (χ1n) is 5.71. The quantitative estimate of drug-likeness (QED) is 0.767. The number of hydrogen-bond acceptors (Lipinski definition) is 5. The summed E-state index contributed by atoms with van der Waals surface area (Å²) in [4.78, 5) is 22.6. The fourth-order valence-corrected chi connectivity index (χ4v) is 1.66. The van der Waals surface area contributed by atoms with Crippen molar-refractivity contribution in [2.45, 2.75) is 19.6 Å². The van der Waals surface area contributed by atoms with E-state index in [1.165, 1.54) is 0 Å². The summed E-state index contributed by atoms with van der Waals surface area (Å²) in [7, 11) is 0. The van der Waals surface area contributed by atoms with Crippen molar-refractivity contribution in [3.63, 3.8) is 0 Å². The van der Waals surface area contributed by atoms with Crippen LogP contribution in [-0.4, -0.2) is 24.8 Å². The number of hydrogen-bond donors (Lipinski definition) is 0. The Morgan fingerprint density at radius 1 is 1.39 bits per heavy atom. The van der Waals surface area contributed by atoms with Crippen LogP contribution in [0, 0.1) is 5.92 Å². The lowest BCUT2D eigenvalue weighted by Crippen LogP contribution is -2.40. The highest BCUT2D eigenvalue weighted by Gasteiger charge is 2.35. The van der Waals surface area contributed by atoms with E-state index in [0.717, 1.165) is 5.56 Å². The van der Waals surface area contributed by atoms with Gasteiger partial charge in [0.05, 0.1) is 0 Å². The van der Waals surface area contributed by atoms with Crippen LogP contribution >= 0.6 is 0 Å². The molecule has 1 aromatic rings. The van der Waals surface area contributed by atoms with Crippen LogP contribution in [-0.2, 0) is 25.6 Å². The molecule has 0 amide bonds. The predicted molar refractivity (Wildman–Crippen MR) is 61.6 cm³/mol. The maximum Gasteiger partial charge on any atom is 0.508 e. The molecule has 1 aromatic carbocycles. The Morgan fingerprint density at radius 2 is 2.11 bits per heavy atom. The minimum absolute atomic E-state index is 0.00756. The van der Waals surface area contributed by atoms with Crippen molar-refractivity contribution in [3.8, 4) is 0 Å². The van der Waals surface area contributed by atoms with Crippen molar-refractivity contribution in [1.82, 2.24) is 0 Å². The molecule has 5 heteroatoms. The molecule has 2 rings (SSSR count). The summed E-state index contributed by atoms with van der Waals surface area (Å²) >= 11 is 0. The molecule has 0 aliphatic carbocycles. The zero-order chi connectivity index (χ0) is 13.0. The molecule has 2 atom stereocenters. The third-order valence-corrected chi connectivity index (χ3v) is 2.76. The van der Waals surface area contributed by atoms with E-state index in [1.807, 2.05) is 30.3 Å². The van der Waals surface area contributed by atoms with Crippen LogP contribution in [0.25, 0.3) is 0 Å². The van der Waals surface area contributed by atoms with Gasteiger partial charge in [-0.3, -0.25) is 4.79 Å². The zero-order valence-electron chi connectivity index (χ0n) is 10.00. The molecule has 0 N–H and O–H groups in total. The largest absolute Gasteiger partial charge is 0.508 e. The lowest BCUT2D eigenvalue weighted by molar-refractivity contribution is -0.160. The molecule has 0 saturated carbocycles. The molecule has 1 aliphatic rings. The van der Waals surface area contributed by atoms with Crippen molar-refractivity contribution >= 4 is 12.1 Å². The standard InChI is InChI=1S/C13H14O5/c1-9-11(8-17-13(15)18-9)12(14)16-7-10-5-3-2-4-6-10/h2-6,9,11H,7-8H2,1H3. The van der Waals surface area contributed by atoms with Crippen molar-refractivity contribution in [2.75, 3.05) is 6.61 Å². The summed E-state index contributed by atoms with van der Waals surface area (Å²) in [5, 5.41) is 0. The molecule has 0 radical (unpaired) electrons. The average molecular weight is 250 g/mol. The van der Waals surface area contributed by atoms with Gasteiger partial charge >= 0.3 is 12.1 Å². The average Bonchev–Trinajstić information content (AvgIpc) is 2.37. The third kappa shape index (κ3) is 3.00. The Labute approximate surface area is 105 Å². The number of rotatable bonds is 3. The van der Waals surface area contributed by atoms with Crippen LogP contribution in [0.4, 0.5) is 4.79 Å². The van der Waals surface area contributed by atoms with Crippen LogP contribution in [0.1, 0.15) is 12.5 Å². The molecule has 1 aliphatic heterocycles. The molecular formula is C13H14O5. The molecule has 0 aromatic heterocycles. The lowest BCUT2D eigenvalue weighted by Gasteiger charge is -2.26. The fourth-order valence-electron chi connectivity index (χ4n) is 1.66. The summed E-state index contributed by atoms with van der Waals surface area (Å²) in [6.07, 6.45) is -1.26. The predicted octanol–water partition coefficient (Wildman–Crippen LogP) is 1.90. The molecule has 2 unspecified atom stereocenters. The number of cyclic esters (lactones) is 2. The van der Waals surface area contributed by atoms with Crippen molar-refractivity contribution < 1.29 is 23.8 Å². The van der Waals surface area contributed by atoms with Crippen LogP contribution in [0.3, 0.4) is 0 Å². The normalized spacial score (nSPS) is 22.8. The smallest absolute Gasteiger partial charge is 0.460 e. The van der Waals surface area contributed by atoms with Gasteiger partial charge in [-0.1, -0.05) is 30.3 Å². The fraction of sp³-hybridized carbons (Fsp3) is 0.385. The molecule has 96 valence electrons. The maximum atomic E-state index is 11.8. The molecule has 1 heterocycles. The number of carbonyl (C=O) groups is 2. The van der Waals surface area contributed by atoms with Crippen molar-refractivity contribution in [3.05, 3.63) is 35.9 Å². The van der Waals surface area contributed by atoms with Gasteiger partial charge in [0, 0.05) is 0 Å². The summed E-state index contributed by atoms with van der Waals surface area (Å²) in [6, 6.07) is 9.37. The molecule has 0 spiro atoms. The van der Waals surface area contributed by atoms with Crippen LogP contribution < -0.4 is 0 Å². The Hall–Kier alpha value is -2.04. The maximum absolute atomic E-state index is 11.8. The van der Waals surface area contributed by atoms with E-state index in [0.29, 0.717) is 0 Å². The van der Waals surface area contributed by atoms with Crippen molar-refractivity contribution in [1.29, 1.82) is 0 Å². The molecule has 1 saturated heterocycles. The van der Waals surface area contributed by atoms with E-state index in [9.17, 15) is 9.59 Å². The second-order valence-electron chi connectivity index (χ2n) is 4.08. The van der Waals surface area contributed by atoms with Gasteiger partial charge < -0.3 is 14.2 Å². The summed E-state index contributed by atoms with van der Waals surface area (Å²) < 4.78 is 14.6. The Balaban J connectivity index is 1.86. The van der Waals surface area contributed by atoms with Gasteiger partial charge in [-0.15, -0.1) is 0 Å². The van der Waals surface area contributed by atoms with E-state index >= 15 is 0 Å². The minimum Gasteiger partial charge on any atom is -0.460 e. The van der Waals surface area contributed by atoms with Gasteiger partial charge in [0.2, 0.25) is 0 Å². The first kappa shape index (κ1) is 12.4. The molecular weight excluding hydrogens is 236 g/mol. The summed E-state index contributed by atoms with van der Waals surface area (Å²) in [6.45, 7) is 1.86. The van der Waals surface area contributed by atoms with E-state index in [2.05, 4.69) is 4.74 Å². The second kappa shape index (κ2) is 5.53. The van der Waals surface area contributed by atoms with E-state index in [1.54, 1.807) is 6.92 Å². The molecule has 1 fully saturated rings. The molecule has 18 heavy (non-hydrogen) atoms. The number of esters is 1. The Bertz CT molecular complexity index is 428. The van der Waals surface area contributed by atoms with Gasteiger partial charge in [0.25, 0.3) is 0 Å². The summed E-state index contributed by atoms with van der Waals surface area (Å²) in [5.41, 5.74) is 0.909. The van der Waals surface area contributed by atoms with Crippen LogP contribution in [0.5, 0.6) is 0 Å². The minimum atomic E-state index is -0.741. The van der Waals surface area contributed by atoms with Gasteiger partial charge in [-0.2, -0.15) is 0 Å². The number of benzene rings is 1. The van der Waals surface area contributed by atoms with Gasteiger partial charge in [0.1, 0.15) is 25.2 Å². The highest BCUT2D eigenvalue weighted by atomic mass is 16.7. The topological polar surface area (TPSA) is 61.8 Å². The highest BCUT2D eigenvalue weighted by Crippen LogP contribution is 2.17. The second-order valence-corrected chi connectivity index (χ2v) is 4.08.